The normalized spacial score (nSPS) is 10.0. The highest BCUT2D eigenvalue weighted by atomic mass is 32.2. The van der Waals surface area contributed by atoms with Crippen molar-refractivity contribution in [3.8, 4) is 0 Å². The van der Waals surface area contributed by atoms with E-state index in [1.807, 2.05) is 18.4 Å². The van der Waals surface area contributed by atoms with Gasteiger partial charge in [-0.05, 0) is 30.5 Å². The van der Waals surface area contributed by atoms with E-state index in [9.17, 15) is 9.59 Å². The second-order valence-electron chi connectivity index (χ2n) is 3.65. The maximum absolute atomic E-state index is 11.6. The summed E-state index contributed by atoms with van der Waals surface area (Å²) in [6.45, 7) is 0.540. The third-order valence-corrected chi connectivity index (χ3v) is 3.03. The molecule has 0 fully saturated rings. The number of amides is 1. The van der Waals surface area contributed by atoms with Gasteiger partial charge in [0.1, 0.15) is 0 Å². The molecule has 5 nitrogen and oxygen atoms in total. The van der Waals surface area contributed by atoms with Crippen molar-refractivity contribution in [3.05, 3.63) is 29.8 Å². The highest BCUT2D eigenvalue weighted by molar-refractivity contribution is 7.98. The average molecular weight is 283 g/mol. The lowest BCUT2D eigenvalue weighted by atomic mass is 10.2. The minimum absolute atomic E-state index is 0.285. The van der Waals surface area contributed by atoms with E-state index in [-0.39, 0.29) is 12.5 Å². The summed E-state index contributed by atoms with van der Waals surface area (Å²) >= 11 is 1.59. The van der Waals surface area contributed by atoms with Crippen LogP contribution in [-0.4, -0.2) is 45.0 Å². The lowest BCUT2D eigenvalue weighted by Crippen LogP contribution is -2.31. The van der Waals surface area contributed by atoms with E-state index in [4.69, 9.17) is 9.47 Å². The van der Waals surface area contributed by atoms with Gasteiger partial charge in [0.2, 0.25) is 0 Å². The molecule has 1 N–H and O–H groups in total. The first-order valence-electron chi connectivity index (χ1n) is 5.74. The van der Waals surface area contributed by atoms with Crippen LogP contribution in [0.2, 0.25) is 0 Å². The lowest BCUT2D eigenvalue weighted by Gasteiger charge is -2.06. The van der Waals surface area contributed by atoms with Crippen LogP contribution in [0, 0.1) is 0 Å². The zero-order valence-electron chi connectivity index (χ0n) is 11.0. The van der Waals surface area contributed by atoms with Gasteiger partial charge in [-0.25, -0.2) is 4.79 Å². The lowest BCUT2D eigenvalue weighted by molar-refractivity contribution is -0.124. The molecule has 0 aliphatic carbocycles. The maximum atomic E-state index is 11.6. The molecule has 0 spiro atoms. The molecule has 1 amide bonds. The van der Waals surface area contributed by atoms with Crippen molar-refractivity contribution in [2.45, 2.75) is 4.90 Å². The van der Waals surface area contributed by atoms with Gasteiger partial charge < -0.3 is 14.8 Å². The molecule has 0 radical (unpaired) electrons. The van der Waals surface area contributed by atoms with Gasteiger partial charge in [-0.3, -0.25) is 4.79 Å². The number of benzene rings is 1. The van der Waals surface area contributed by atoms with Gasteiger partial charge in [0, 0.05) is 18.6 Å². The quantitative estimate of drug-likeness (QED) is 0.464. The minimum Gasteiger partial charge on any atom is -0.452 e. The molecule has 0 saturated heterocycles. The van der Waals surface area contributed by atoms with Crippen LogP contribution in [0.1, 0.15) is 10.4 Å². The van der Waals surface area contributed by atoms with E-state index in [1.165, 1.54) is 0 Å². The Balaban J connectivity index is 2.35. The highest BCUT2D eigenvalue weighted by Gasteiger charge is 2.09. The standard InChI is InChI=1S/C13H17NO4S/c1-17-8-7-14-12(15)9-18-13(16)10-3-5-11(19-2)6-4-10/h3-6H,7-9H2,1-2H3,(H,14,15). The van der Waals surface area contributed by atoms with Gasteiger partial charge in [-0.1, -0.05) is 0 Å². The van der Waals surface area contributed by atoms with Crippen molar-refractivity contribution < 1.29 is 19.1 Å². The summed E-state index contributed by atoms with van der Waals surface area (Å²) in [4.78, 5) is 24.0. The average Bonchev–Trinajstić information content (AvgIpc) is 2.45. The van der Waals surface area contributed by atoms with Crippen molar-refractivity contribution >= 4 is 23.6 Å². The third-order valence-electron chi connectivity index (χ3n) is 2.29. The molecule has 0 aliphatic heterocycles. The summed E-state index contributed by atoms with van der Waals surface area (Å²) in [7, 11) is 1.55. The van der Waals surface area contributed by atoms with Crippen LogP contribution in [0.3, 0.4) is 0 Å². The van der Waals surface area contributed by atoms with Gasteiger partial charge in [0.25, 0.3) is 5.91 Å². The fourth-order valence-electron chi connectivity index (χ4n) is 1.29. The van der Waals surface area contributed by atoms with E-state index < -0.39 is 5.97 Å². The summed E-state index contributed by atoms with van der Waals surface area (Å²) in [5, 5.41) is 2.56. The Bertz CT molecular complexity index is 419. The molecule has 0 unspecified atom stereocenters. The van der Waals surface area contributed by atoms with Crippen LogP contribution < -0.4 is 5.32 Å². The summed E-state index contributed by atoms with van der Waals surface area (Å²) < 4.78 is 9.68. The number of esters is 1. The Morgan fingerprint density at radius 1 is 1.26 bits per heavy atom. The van der Waals surface area contributed by atoms with Gasteiger partial charge in [-0.2, -0.15) is 0 Å². The monoisotopic (exact) mass is 283 g/mol. The second kappa shape index (κ2) is 8.55. The smallest absolute Gasteiger partial charge is 0.338 e. The molecule has 1 rings (SSSR count). The molecule has 0 aromatic heterocycles. The van der Waals surface area contributed by atoms with Crippen LogP contribution in [-0.2, 0) is 14.3 Å². The Morgan fingerprint density at radius 3 is 2.53 bits per heavy atom. The third kappa shape index (κ3) is 5.76. The molecule has 19 heavy (non-hydrogen) atoms. The molecule has 0 aliphatic rings. The molecule has 6 heteroatoms. The predicted octanol–water partition coefficient (Wildman–Crippen LogP) is 1.33. The van der Waals surface area contributed by atoms with Crippen LogP contribution >= 0.6 is 11.8 Å². The number of carbonyl (C=O) groups is 2. The zero-order valence-corrected chi connectivity index (χ0v) is 11.8. The van der Waals surface area contributed by atoms with Crippen molar-refractivity contribution in [2.24, 2.45) is 0 Å². The van der Waals surface area contributed by atoms with Gasteiger partial charge in [0.15, 0.2) is 6.61 Å². The molecular formula is C13H17NO4S. The van der Waals surface area contributed by atoms with Crippen LogP contribution in [0.15, 0.2) is 29.2 Å². The highest BCUT2D eigenvalue weighted by Crippen LogP contribution is 2.15. The molecule has 104 valence electrons. The number of hydrogen-bond donors (Lipinski definition) is 1. The fraction of sp³-hybridized carbons (Fsp3) is 0.385. The van der Waals surface area contributed by atoms with E-state index in [0.717, 1.165) is 4.90 Å². The summed E-state index contributed by atoms with van der Waals surface area (Å²) in [5.41, 5.74) is 0.433. The Morgan fingerprint density at radius 2 is 1.95 bits per heavy atom. The first kappa shape index (κ1) is 15.5. The van der Waals surface area contributed by atoms with E-state index in [2.05, 4.69) is 5.32 Å². The second-order valence-corrected chi connectivity index (χ2v) is 4.53. The molecule has 1 aromatic carbocycles. The van der Waals surface area contributed by atoms with Gasteiger partial charge >= 0.3 is 5.97 Å². The topological polar surface area (TPSA) is 64.6 Å². The van der Waals surface area contributed by atoms with Crippen molar-refractivity contribution in [1.29, 1.82) is 0 Å². The van der Waals surface area contributed by atoms with Gasteiger partial charge in [-0.15, -0.1) is 11.8 Å². The van der Waals surface area contributed by atoms with Gasteiger partial charge in [0.05, 0.1) is 12.2 Å². The Hall–Kier alpha value is -1.53. The maximum Gasteiger partial charge on any atom is 0.338 e. The minimum atomic E-state index is -0.505. The predicted molar refractivity (Wildman–Crippen MR) is 73.4 cm³/mol. The first-order chi connectivity index (χ1) is 9.17. The van der Waals surface area contributed by atoms with Crippen molar-refractivity contribution in [3.63, 3.8) is 0 Å². The first-order valence-corrected chi connectivity index (χ1v) is 6.96. The SMILES string of the molecule is COCCNC(=O)COC(=O)c1ccc(SC)cc1. The Labute approximate surface area is 116 Å². The van der Waals surface area contributed by atoms with E-state index >= 15 is 0 Å². The number of thioether (sulfide) groups is 1. The van der Waals surface area contributed by atoms with E-state index in [1.54, 1.807) is 31.0 Å². The number of carbonyl (C=O) groups excluding carboxylic acids is 2. The number of methoxy groups -OCH3 is 1. The largest absolute Gasteiger partial charge is 0.452 e. The molecule has 1 aromatic rings. The van der Waals surface area contributed by atoms with Crippen molar-refractivity contribution in [2.75, 3.05) is 33.1 Å². The van der Waals surface area contributed by atoms with Crippen molar-refractivity contribution in [1.82, 2.24) is 5.32 Å². The number of ether oxygens (including phenoxy) is 2. The van der Waals surface area contributed by atoms with Crippen LogP contribution in [0.4, 0.5) is 0 Å². The molecule has 0 atom stereocenters. The molecular weight excluding hydrogens is 266 g/mol. The van der Waals surface area contributed by atoms with Crippen LogP contribution in [0.25, 0.3) is 0 Å². The summed E-state index contributed by atoms with van der Waals surface area (Å²) in [6.07, 6.45) is 1.96. The van der Waals surface area contributed by atoms with E-state index in [0.29, 0.717) is 18.7 Å². The summed E-state index contributed by atoms with van der Waals surface area (Å²) in [5.74, 6) is -0.847. The zero-order chi connectivity index (χ0) is 14.1. The number of hydrogen-bond acceptors (Lipinski definition) is 5. The molecule has 0 saturated carbocycles. The summed E-state index contributed by atoms with van der Waals surface area (Å²) in [6, 6.07) is 7.02. The number of rotatable bonds is 7. The fourth-order valence-corrected chi connectivity index (χ4v) is 1.69. The molecule has 0 bridgehead atoms. The molecule has 0 heterocycles. The van der Waals surface area contributed by atoms with Crippen LogP contribution in [0.5, 0.6) is 0 Å². The Kier molecular flexibility index (Phi) is 6.99. The number of nitrogens with one attached hydrogen (secondary N) is 1.